The molecule has 2 nitrogen and oxygen atoms in total. The van der Waals surface area contributed by atoms with E-state index in [4.69, 9.17) is 9.84 Å². The molecule has 1 N–H and O–H groups in total. The zero-order chi connectivity index (χ0) is 6.53. The van der Waals surface area contributed by atoms with Crippen molar-refractivity contribution in [1.82, 2.24) is 0 Å². The van der Waals surface area contributed by atoms with Gasteiger partial charge in [-0.15, -0.1) is 0 Å². The van der Waals surface area contributed by atoms with E-state index < -0.39 is 0 Å². The average Bonchev–Trinajstić information content (AvgIpc) is 1.91. The molecule has 0 aliphatic heterocycles. The summed E-state index contributed by atoms with van der Waals surface area (Å²) >= 11 is 0. The average molecular weight is 123 g/mol. The molecule has 0 atom stereocenters. The number of aliphatic hydroxyl groups is 1. The number of ether oxygens (including phenoxy) is 1. The molecule has 0 aromatic heterocycles. The molecule has 1 rings (SSSR count). The first-order valence-corrected chi connectivity index (χ1v) is 2.64. The lowest BCUT2D eigenvalue weighted by atomic mass is 10.3. The maximum Gasteiger partial charge on any atom is 0.186 e. The minimum Gasteiger partial charge on any atom is -0.467 e. The third-order valence-electron chi connectivity index (χ3n) is 0.901. The molecule has 0 saturated heterocycles. The molecule has 1 aromatic carbocycles. The smallest absolute Gasteiger partial charge is 0.186 e. The van der Waals surface area contributed by atoms with Crippen LogP contribution in [0.3, 0.4) is 0 Å². The molecule has 0 saturated carbocycles. The third-order valence-corrected chi connectivity index (χ3v) is 0.901. The van der Waals surface area contributed by atoms with E-state index in [1.807, 2.05) is 12.1 Å². The van der Waals surface area contributed by atoms with Crippen LogP contribution < -0.4 is 4.74 Å². The van der Waals surface area contributed by atoms with E-state index in [9.17, 15) is 0 Å². The molecule has 0 aliphatic rings. The lowest BCUT2D eigenvalue weighted by Gasteiger charge is -1.97. The maximum atomic E-state index is 8.28. The summed E-state index contributed by atoms with van der Waals surface area (Å²) in [7, 11) is 0. The molecule has 47 valence electrons. The Morgan fingerprint density at radius 3 is 3.00 bits per heavy atom. The summed E-state index contributed by atoms with van der Waals surface area (Å²) in [6.45, 7) is -0.291. The molecule has 0 heterocycles. The van der Waals surface area contributed by atoms with Crippen molar-refractivity contribution in [3.05, 3.63) is 30.3 Å². The molecule has 0 bridgehead atoms. The minimum atomic E-state index is -0.291. The summed E-state index contributed by atoms with van der Waals surface area (Å²) < 4.78 is 4.71. The largest absolute Gasteiger partial charge is 0.467 e. The fraction of sp³-hybridized carbons (Fsp3) is 0.143. The monoisotopic (exact) mass is 123 g/mol. The van der Waals surface area contributed by atoms with Crippen LogP contribution in [0.4, 0.5) is 0 Å². The molecule has 0 spiro atoms. The van der Waals surface area contributed by atoms with Crippen LogP contribution in [0.5, 0.6) is 5.75 Å². The topological polar surface area (TPSA) is 29.5 Å². The SMILES string of the molecule is OCOc1[c]cccc1. The fourth-order valence-electron chi connectivity index (χ4n) is 0.536. The third kappa shape index (κ3) is 1.74. The van der Waals surface area contributed by atoms with E-state index in [2.05, 4.69) is 6.07 Å². The van der Waals surface area contributed by atoms with Gasteiger partial charge in [-0.05, 0) is 6.07 Å². The number of hydrogen-bond donors (Lipinski definition) is 1. The number of hydrogen-bond acceptors (Lipinski definition) is 2. The Balaban J connectivity index is 2.61. The van der Waals surface area contributed by atoms with Crippen LogP contribution in [0.15, 0.2) is 24.3 Å². The maximum absolute atomic E-state index is 8.28. The van der Waals surface area contributed by atoms with Gasteiger partial charge in [0, 0.05) is 6.07 Å². The van der Waals surface area contributed by atoms with E-state index >= 15 is 0 Å². The molecule has 1 aromatic rings. The molecule has 0 amide bonds. The van der Waals surface area contributed by atoms with Gasteiger partial charge in [-0.25, -0.2) is 0 Å². The fourth-order valence-corrected chi connectivity index (χ4v) is 0.536. The highest BCUT2D eigenvalue weighted by atomic mass is 16.6. The van der Waals surface area contributed by atoms with Crippen molar-refractivity contribution < 1.29 is 9.84 Å². The summed E-state index contributed by atoms with van der Waals surface area (Å²) in [4.78, 5) is 0. The quantitative estimate of drug-likeness (QED) is 0.590. The van der Waals surface area contributed by atoms with Crippen molar-refractivity contribution in [3.63, 3.8) is 0 Å². The van der Waals surface area contributed by atoms with Crippen molar-refractivity contribution in [2.75, 3.05) is 6.79 Å². The van der Waals surface area contributed by atoms with Crippen molar-refractivity contribution in [2.24, 2.45) is 0 Å². The Morgan fingerprint density at radius 1 is 1.56 bits per heavy atom. The van der Waals surface area contributed by atoms with E-state index in [1.54, 1.807) is 12.1 Å². The molecule has 0 aliphatic carbocycles. The number of aliphatic hydroxyl groups excluding tert-OH is 1. The van der Waals surface area contributed by atoms with Gasteiger partial charge in [0.2, 0.25) is 0 Å². The zero-order valence-corrected chi connectivity index (χ0v) is 4.87. The van der Waals surface area contributed by atoms with Gasteiger partial charge in [0.25, 0.3) is 0 Å². The molecular formula is C7H7O2. The van der Waals surface area contributed by atoms with E-state index in [0.29, 0.717) is 5.75 Å². The van der Waals surface area contributed by atoms with Gasteiger partial charge in [-0.1, -0.05) is 18.2 Å². The Hall–Kier alpha value is -1.02. The second-order valence-electron chi connectivity index (χ2n) is 1.50. The number of rotatable bonds is 2. The predicted molar refractivity (Wildman–Crippen MR) is 33.0 cm³/mol. The first-order valence-electron chi connectivity index (χ1n) is 2.64. The van der Waals surface area contributed by atoms with Gasteiger partial charge >= 0.3 is 0 Å². The molecule has 1 radical (unpaired) electrons. The molecule has 9 heavy (non-hydrogen) atoms. The highest BCUT2D eigenvalue weighted by Gasteiger charge is 1.85. The van der Waals surface area contributed by atoms with E-state index in [-0.39, 0.29) is 6.79 Å². The van der Waals surface area contributed by atoms with Gasteiger partial charge in [-0.3, -0.25) is 0 Å². The van der Waals surface area contributed by atoms with Gasteiger partial charge in [0.15, 0.2) is 6.79 Å². The van der Waals surface area contributed by atoms with Crippen molar-refractivity contribution >= 4 is 0 Å². The van der Waals surface area contributed by atoms with Crippen molar-refractivity contribution in [1.29, 1.82) is 0 Å². The Morgan fingerprint density at radius 2 is 2.44 bits per heavy atom. The van der Waals surface area contributed by atoms with Crippen LogP contribution in [-0.4, -0.2) is 11.9 Å². The van der Waals surface area contributed by atoms with Gasteiger partial charge in [-0.2, -0.15) is 0 Å². The minimum absolute atomic E-state index is 0.291. The summed E-state index contributed by atoms with van der Waals surface area (Å²) in [6.07, 6.45) is 0. The van der Waals surface area contributed by atoms with Crippen LogP contribution in [0.1, 0.15) is 0 Å². The second kappa shape index (κ2) is 3.10. The van der Waals surface area contributed by atoms with Crippen LogP contribution in [0, 0.1) is 6.07 Å². The van der Waals surface area contributed by atoms with Crippen molar-refractivity contribution in [3.8, 4) is 5.75 Å². The zero-order valence-electron chi connectivity index (χ0n) is 4.87. The van der Waals surface area contributed by atoms with Gasteiger partial charge in [0.05, 0.1) is 0 Å². The Bertz CT molecular complexity index is 160. The predicted octanol–water partition coefficient (Wildman–Crippen LogP) is 0.815. The van der Waals surface area contributed by atoms with Gasteiger partial charge < -0.3 is 9.84 Å². The summed E-state index contributed by atoms with van der Waals surface area (Å²) in [5.41, 5.74) is 0. The van der Waals surface area contributed by atoms with Crippen molar-refractivity contribution in [2.45, 2.75) is 0 Å². The highest BCUT2D eigenvalue weighted by molar-refractivity contribution is 5.18. The molecular weight excluding hydrogens is 116 g/mol. The van der Waals surface area contributed by atoms with Gasteiger partial charge in [0.1, 0.15) is 5.75 Å². The standard InChI is InChI=1S/C7H7O2/c8-6-9-7-4-2-1-3-5-7/h1-4,8H,6H2. The summed E-state index contributed by atoms with van der Waals surface area (Å²) in [6, 6.07) is 9.91. The summed E-state index contributed by atoms with van der Waals surface area (Å²) in [5, 5.41) is 8.28. The Kier molecular flexibility index (Phi) is 2.10. The first kappa shape index (κ1) is 6.11. The van der Waals surface area contributed by atoms with E-state index in [1.165, 1.54) is 0 Å². The number of benzene rings is 1. The van der Waals surface area contributed by atoms with Crippen LogP contribution in [0.25, 0.3) is 0 Å². The van der Waals surface area contributed by atoms with E-state index in [0.717, 1.165) is 0 Å². The Labute approximate surface area is 53.7 Å². The summed E-state index contributed by atoms with van der Waals surface area (Å²) in [5.74, 6) is 0.569. The lowest BCUT2D eigenvalue weighted by molar-refractivity contribution is 0.0983. The molecule has 0 fully saturated rings. The molecule has 2 heteroatoms. The van der Waals surface area contributed by atoms with Crippen LogP contribution in [0.2, 0.25) is 0 Å². The highest BCUT2D eigenvalue weighted by Crippen LogP contribution is 2.05. The first-order chi connectivity index (χ1) is 4.43. The number of para-hydroxylation sites is 1. The van der Waals surface area contributed by atoms with Crippen LogP contribution in [-0.2, 0) is 0 Å². The molecule has 0 unspecified atom stereocenters. The van der Waals surface area contributed by atoms with Crippen LogP contribution >= 0.6 is 0 Å². The normalized spacial score (nSPS) is 9.00. The second-order valence-corrected chi connectivity index (χ2v) is 1.50. The lowest BCUT2D eigenvalue weighted by Crippen LogP contribution is -1.93.